The molecule has 2 aromatic rings. The highest BCUT2D eigenvalue weighted by atomic mass is 35.5. The van der Waals surface area contributed by atoms with E-state index in [1.54, 1.807) is 50.2 Å². The minimum absolute atomic E-state index is 0.126. The highest BCUT2D eigenvalue weighted by molar-refractivity contribution is 7.92. The van der Waals surface area contributed by atoms with Crippen LogP contribution in [0.3, 0.4) is 0 Å². The Bertz CT molecular complexity index is 1020. The Morgan fingerprint density at radius 3 is 2.57 bits per heavy atom. The van der Waals surface area contributed by atoms with Gasteiger partial charge in [-0.05, 0) is 81.1 Å². The number of halogens is 1. The molecule has 162 valence electrons. The Morgan fingerprint density at radius 1 is 1.20 bits per heavy atom. The van der Waals surface area contributed by atoms with Crippen molar-refractivity contribution in [2.24, 2.45) is 0 Å². The van der Waals surface area contributed by atoms with Gasteiger partial charge in [-0.1, -0.05) is 18.5 Å². The average molecular weight is 451 g/mol. The Labute approximate surface area is 183 Å². The fourth-order valence-electron chi connectivity index (χ4n) is 3.42. The standard InChI is InChI=1S/C22H27ClN2O4S/c1-4-14-30(27,28)25-13-5-6-16-15-18(9-12-20(16)25)24-21(26)22(2,3)29-19-10-7-17(23)8-11-19/h7-12,15H,4-6,13-14H2,1-3H3,(H,24,26). The van der Waals surface area contributed by atoms with Crippen LogP contribution in [0.25, 0.3) is 0 Å². The van der Waals surface area contributed by atoms with E-state index < -0.39 is 15.6 Å². The molecule has 8 heteroatoms. The molecule has 6 nitrogen and oxygen atoms in total. The second-order valence-electron chi connectivity index (χ2n) is 7.86. The van der Waals surface area contributed by atoms with Crippen LogP contribution in [0.2, 0.25) is 5.02 Å². The van der Waals surface area contributed by atoms with Crippen LogP contribution in [0.1, 0.15) is 39.2 Å². The highest BCUT2D eigenvalue weighted by Gasteiger charge is 2.31. The number of nitrogens with one attached hydrogen (secondary N) is 1. The van der Waals surface area contributed by atoms with Crippen LogP contribution in [-0.2, 0) is 21.2 Å². The number of rotatable bonds is 7. The van der Waals surface area contributed by atoms with E-state index in [1.807, 2.05) is 13.0 Å². The quantitative estimate of drug-likeness (QED) is 0.667. The Morgan fingerprint density at radius 2 is 1.90 bits per heavy atom. The number of aryl methyl sites for hydroxylation is 1. The van der Waals surface area contributed by atoms with Gasteiger partial charge in [0.2, 0.25) is 10.0 Å². The fourth-order valence-corrected chi connectivity index (χ4v) is 5.17. The lowest BCUT2D eigenvalue weighted by Gasteiger charge is -2.31. The molecule has 1 heterocycles. The largest absolute Gasteiger partial charge is 0.478 e. The summed E-state index contributed by atoms with van der Waals surface area (Å²) in [4.78, 5) is 12.8. The van der Waals surface area contributed by atoms with Gasteiger partial charge >= 0.3 is 0 Å². The van der Waals surface area contributed by atoms with Crippen molar-refractivity contribution in [3.05, 3.63) is 53.1 Å². The maximum Gasteiger partial charge on any atom is 0.267 e. The molecule has 2 aromatic carbocycles. The van der Waals surface area contributed by atoms with Crippen LogP contribution >= 0.6 is 11.6 Å². The van der Waals surface area contributed by atoms with E-state index >= 15 is 0 Å². The van der Waals surface area contributed by atoms with Crippen LogP contribution in [0, 0.1) is 0 Å². The van der Waals surface area contributed by atoms with Gasteiger partial charge in [-0.25, -0.2) is 8.42 Å². The van der Waals surface area contributed by atoms with Gasteiger partial charge in [-0.15, -0.1) is 0 Å². The van der Waals surface area contributed by atoms with Crippen molar-refractivity contribution in [2.45, 2.75) is 45.6 Å². The number of sulfonamides is 1. The summed E-state index contributed by atoms with van der Waals surface area (Å²) in [6, 6.07) is 12.2. The summed E-state index contributed by atoms with van der Waals surface area (Å²) in [5.41, 5.74) is 1.11. The Balaban J connectivity index is 1.76. The second kappa shape index (κ2) is 8.86. The van der Waals surface area contributed by atoms with E-state index in [4.69, 9.17) is 16.3 Å². The van der Waals surface area contributed by atoms with Gasteiger partial charge in [0.1, 0.15) is 5.75 Å². The molecule has 0 unspecified atom stereocenters. The molecule has 0 bridgehead atoms. The molecule has 0 atom stereocenters. The first-order valence-electron chi connectivity index (χ1n) is 10.0. The number of nitrogens with zero attached hydrogens (tertiary/aromatic N) is 1. The molecule has 1 aliphatic rings. The molecule has 0 radical (unpaired) electrons. The van der Waals surface area contributed by atoms with Crippen molar-refractivity contribution in [2.75, 3.05) is 21.9 Å². The molecule has 0 saturated heterocycles. The topological polar surface area (TPSA) is 75.7 Å². The SMILES string of the molecule is CCCS(=O)(=O)N1CCCc2cc(NC(=O)C(C)(C)Oc3ccc(Cl)cc3)ccc21. The van der Waals surface area contributed by atoms with Gasteiger partial charge in [0.25, 0.3) is 5.91 Å². The van der Waals surface area contributed by atoms with Crippen molar-refractivity contribution >= 4 is 38.9 Å². The van der Waals surface area contributed by atoms with Crippen LogP contribution < -0.4 is 14.4 Å². The highest BCUT2D eigenvalue weighted by Crippen LogP contribution is 2.32. The maximum absolute atomic E-state index is 12.8. The zero-order valence-corrected chi connectivity index (χ0v) is 19.0. The summed E-state index contributed by atoms with van der Waals surface area (Å²) >= 11 is 5.89. The third kappa shape index (κ3) is 5.08. The summed E-state index contributed by atoms with van der Waals surface area (Å²) in [6.45, 7) is 5.72. The monoisotopic (exact) mass is 450 g/mol. The smallest absolute Gasteiger partial charge is 0.267 e. The number of hydrogen-bond donors (Lipinski definition) is 1. The fraction of sp³-hybridized carbons (Fsp3) is 0.409. The lowest BCUT2D eigenvalue weighted by Crippen LogP contribution is -2.42. The number of fused-ring (bicyclic) bond motifs is 1. The normalized spacial score (nSPS) is 14.2. The molecular formula is C22H27ClN2O4S. The van der Waals surface area contributed by atoms with Gasteiger partial charge in [-0.3, -0.25) is 9.10 Å². The molecule has 30 heavy (non-hydrogen) atoms. The first-order chi connectivity index (χ1) is 14.1. The Hall–Kier alpha value is -2.25. The van der Waals surface area contributed by atoms with E-state index in [9.17, 15) is 13.2 Å². The van der Waals surface area contributed by atoms with Crippen molar-refractivity contribution in [1.82, 2.24) is 0 Å². The van der Waals surface area contributed by atoms with Crippen LogP contribution in [0.15, 0.2) is 42.5 Å². The molecule has 1 N–H and O–H groups in total. The van der Waals surface area contributed by atoms with Gasteiger partial charge in [-0.2, -0.15) is 0 Å². The predicted molar refractivity (Wildman–Crippen MR) is 121 cm³/mol. The van der Waals surface area contributed by atoms with Crippen molar-refractivity contribution in [3.8, 4) is 5.75 Å². The van der Waals surface area contributed by atoms with Crippen LogP contribution in [0.5, 0.6) is 5.75 Å². The number of carbonyl (C=O) groups excluding carboxylic acids is 1. The Kier molecular flexibility index (Phi) is 6.62. The summed E-state index contributed by atoms with van der Waals surface area (Å²) in [5.74, 6) is 0.367. The number of carbonyl (C=O) groups is 1. The zero-order chi connectivity index (χ0) is 21.9. The minimum atomic E-state index is -3.33. The molecule has 0 aliphatic carbocycles. The summed E-state index contributed by atoms with van der Waals surface area (Å²) in [5, 5.41) is 3.48. The summed E-state index contributed by atoms with van der Waals surface area (Å²) in [7, 11) is -3.33. The number of ether oxygens (including phenoxy) is 1. The number of anilines is 2. The number of benzene rings is 2. The third-order valence-corrected chi connectivity index (χ3v) is 7.17. The first kappa shape index (κ1) is 22.4. The lowest BCUT2D eigenvalue weighted by atomic mass is 10.0. The molecule has 3 rings (SSSR count). The van der Waals surface area contributed by atoms with Crippen LogP contribution in [-0.4, -0.2) is 32.2 Å². The number of hydrogen-bond acceptors (Lipinski definition) is 4. The lowest BCUT2D eigenvalue weighted by molar-refractivity contribution is -0.128. The average Bonchev–Trinajstić information content (AvgIpc) is 2.69. The minimum Gasteiger partial charge on any atom is -0.478 e. The van der Waals surface area contributed by atoms with E-state index in [0.29, 0.717) is 35.1 Å². The predicted octanol–water partition coefficient (Wildman–Crippen LogP) is 4.63. The van der Waals surface area contributed by atoms with Gasteiger partial charge in [0.05, 0.1) is 11.4 Å². The second-order valence-corrected chi connectivity index (χ2v) is 10.3. The van der Waals surface area contributed by atoms with E-state index in [0.717, 1.165) is 18.4 Å². The van der Waals surface area contributed by atoms with E-state index in [1.165, 1.54) is 4.31 Å². The maximum atomic E-state index is 12.8. The van der Waals surface area contributed by atoms with Crippen molar-refractivity contribution < 1.29 is 17.9 Å². The van der Waals surface area contributed by atoms with Crippen molar-refractivity contribution in [1.29, 1.82) is 0 Å². The molecule has 0 spiro atoms. The summed E-state index contributed by atoms with van der Waals surface area (Å²) in [6.07, 6.45) is 2.09. The zero-order valence-electron chi connectivity index (χ0n) is 17.4. The van der Waals surface area contributed by atoms with Crippen molar-refractivity contribution in [3.63, 3.8) is 0 Å². The van der Waals surface area contributed by atoms with Crippen LogP contribution in [0.4, 0.5) is 11.4 Å². The third-order valence-electron chi connectivity index (χ3n) is 4.94. The summed E-state index contributed by atoms with van der Waals surface area (Å²) < 4.78 is 32.5. The molecule has 0 fully saturated rings. The molecular weight excluding hydrogens is 424 g/mol. The molecule has 0 aromatic heterocycles. The molecule has 1 aliphatic heterocycles. The van der Waals surface area contributed by atoms with Gasteiger partial charge in [0, 0.05) is 17.3 Å². The number of amides is 1. The first-order valence-corrected chi connectivity index (χ1v) is 12.0. The van der Waals surface area contributed by atoms with E-state index in [2.05, 4.69) is 5.32 Å². The van der Waals surface area contributed by atoms with Gasteiger partial charge in [0.15, 0.2) is 5.60 Å². The van der Waals surface area contributed by atoms with Gasteiger partial charge < -0.3 is 10.1 Å². The van der Waals surface area contributed by atoms with E-state index in [-0.39, 0.29) is 11.7 Å². The molecule has 0 saturated carbocycles. The molecule has 1 amide bonds.